The summed E-state index contributed by atoms with van der Waals surface area (Å²) < 4.78 is 54.6. The van der Waals surface area contributed by atoms with Crippen molar-refractivity contribution in [3.63, 3.8) is 0 Å². The number of likely N-dealkylation sites (tertiary alicyclic amines) is 1. The maximum Gasteiger partial charge on any atom is 0.401 e. The van der Waals surface area contributed by atoms with E-state index in [4.69, 9.17) is 0 Å². The fourth-order valence-corrected chi connectivity index (χ4v) is 2.07. The highest BCUT2D eigenvalue weighted by Gasteiger charge is 2.36. The van der Waals surface area contributed by atoms with E-state index in [0.717, 1.165) is 0 Å². The van der Waals surface area contributed by atoms with Crippen molar-refractivity contribution >= 4 is 5.97 Å². The summed E-state index contributed by atoms with van der Waals surface area (Å²) in [5, 5.41) is 0. The van der Waals surface area contributed by atoms with Crippen molar-refractivity contribution in [1.29, 1.82) is 0 Å². The molecule has 18 heavy (non-hydrogen) atoms. The van der Waals surface area contributed by atoms with E-state index in [1.807, 2.05) is 0 Å². The summed E-state index contributed by atoms with van der Waals surface area (Å²) in [5.41, 5.74) is 0. The van der Waals surface area contributed by atoms with Crippen molar-refractivity contribution in [3.8, 4) is 0 Å². The monoisotopic (exact) mass is 271 g/mol. The zero-order chi connectivity index (χ0) is 13.8. The van der Waals surface area contributed by atoms with Crippen LogP contribution in [0.5, 0.6) is 0 Å². The minimum absolute atomic E-state index is 0.103. The summed E-state index contributed by atoms with van der Waals surface area (Å²) in [6, 6.07) is 0. The van der Waals surface area contributed by atoms with E-state index in [0.29, 0.717) is 0 Å². The molecule has 1 saturated heterocycles. The topological polar surface area (TPSA) is 29.5 Å². The molecule has 1 heterocycles. The first-order valence-corrected chi connectivity index (χ1v) is 5.93. The number of alkyl halides is 4. The van der Waals surface area contributed by atoms with E-state index in [9.17, 15) is 22.4 Å². The van der Waals surface area contributed by atoms with Crippen LogP contribution in [-0.2, 0) is 9.53 Å². The van der Waals surface area contributed by atoms with Gasteiger partial charge in [0.15, 0.2) is 6.17 Å². The van der Waals surface area contributed by atoms with Gasteiger partial charge in [0, 0.05) is 5.92 Å². The van der Waals surface area contributed by atoms with Gasteiger partial charge in [-0.3, -0.25) is 4.90 Å². The molecule has 0 spiro atoms. The molecule has 1 aliphatic rings. The van der Waals surface area contributed by atoms with Gasteiger partial charge in [0.1, 0.15) is 0 Å². The molecule has 1 fully saturated rings. The predicted molar refractivity (Wildman–Crippen MR) is 56.7 cm³/mol. The second kappa shape index (κ2) is 6.36. The number of rotatable bonds is 4. The Morgan fingerprint density at radius 2 is 1.94 bits per heavy atom. The van der Waals surface area contributed by atoms with Gasteiger partial charge < -0.3 is 4.74 Å². The highest BCUT2D eigenvalue weighted by molar-refractivity contribution is 5.74. The lowest BCUT2D eigenvalue weighted by Crippen LogP contribution is -2.43. The SMILES string of the molecule is CCOC(=O)C(F)C1CCN(CC(F)(F)F)CC1. The number of hydrogen-bond acceptors (Lipinski definition) is 3. The Hall–Kier alpha value is -0.850. The van der Waals surface area contributed by atoms with Gasteiger partial charge in [-0.1, -0.05) is 0 Å². The van der Waals surface area contributed by atoms with Crippen LogP contribution >= 0.6 is 0 Å². The van der Waals surface area contributed by atoms with Crippen molar-refractivity contribution in [1.82, 2.24) is 4.90 Å². The third-order valence-corrected chi connectivity index (χ3v) is 2.96. The van der Waals surface area contributed by atoms with Gasteiger partial charge in [-0.15, -0.1) is 0 Å². The zero-order valence-electron chi connectivity index (χ0n) is 10.2. The van der Waals surface area contributed by atoms with Crippen LogP contribution < -0.4 is 0 Å². The second-order valence-electron chi connectivity index (χ2n) is 4.38. The summed E-state index contributed by atoms with van der Waals surface area (Å²) in [4.78, 5) is 12.4. The molecule has 1 atom stereocenters. The predicted octanol–water partition coefficient (Wildman–Crippen LogP) is 2.16. The smallest absolute Gasteiger partial charge is 0.401 e. The lowest BCUT2D eigenvalue weighted by molar-refractivity contribution is -0.156. The number of hydrogen-bond donors (Lipinski definition) is 0. The van der Waals surface area contributed by atoms with Gasteiger partial charge in [0.25, 0.3) is 0 Å². The minimum atomic E-state index is -4.23. The average Bonchev–Trinajstić information content (AvgIpc) is 2.27. The van der Waals surface area contributed by atoms with Crippen LogP contribution in [0, 0.1) is 5.92 Å². The van der Waals surface area contributed by atoms with E-state index in [1.165, 1.54) is 4.90 Å². The van der Waals surface area contributed by atoms with E-state index >= 15 is 0 Å². The molecule has 0 aromatic carbocycles. The summed E-state index contributed by atoms with van der Waals surface area (Å²) in [7, 11) is 0. The molecule has 0 amide bonds. The Balaban J connectivity index is 2.37. The standard InChI is InChI=1S/C11H17F4NO2/c1-2-18-10(17)9(12)8-3-5-16(6-4-8)7-11(13,14)15/h8-9H,2-7H2,1H3. The van der Waals surface area contributed by atoms with Crippen LogP contribution in [0.2, 0.25) is 0 Å². The Kier molecular flexibility index (Phi) is 5.37. The van der Waals surface area contributed by atoms with Gasteiger partial charge >= 0.3 is 12.1 Å². The summed E-state index contributed by atoms with van der Waals surface area (Å²) >= 11 is 0. The van der Waals surface area contributed by atoms with E-state index in [2.05, 4.69) is 4.74 Å². The molecule has 1 unspecified atom stereocenters. The summed E-state index contributed by atoms with van der Waals surface area (Å²) in [6.45, 7) is 1.02. The molecule has 1 rings (SSSR count). The first-order valence-electron chi connectivity index (χ1n) is 5.93. The molecule has 1 aliphatic heterocycles. The lowest BCUT2D eigenvalue weighted by Gasteiger charge is -2.33. The lowest BCUT2D eigenvalue weighted by atomic mass is 9.92. The molecule has 3 nitrogen and oxygen atoms in total. The molecular formula is C11H17F4NO2. The van der Waals surface area contributed by atoms with E-state index in [-0.39, 0.29) is 32.5 Å². The van der Waals surface area contributed by atoms with Crippen LogP contribution in [-0.4, -0.2) is 49.5 Å². The quantitative estimate of drug-likeness (QED) is 0.579. The molecule has 0 aromatic heterocycles. The number of nitrogens with zero attached hydrogens (tertiary/aromatic N) is 1. The second-order valence-corrected chi connectivity index (χ2v) is 4.38. The minimum Gasteiger partial charge on any atom is -0.464 e. The Morgan fingerprint density at radius 3 is 2.39 bits per heavy atom. The molecule has 0 aliphatic carbocycles. The maximum absolute atomic E-state index is 13.6. The number of ether oxygens (including phenoxy) is 1. The van der Waals surface area contributed by atoms with Crippen molar-refractivity contribution in [2.75, 3.05) is 26.2 Å². The molecule has 106 valence electrons. The van der Waals surface area contributed by atoms with Crippen LogP contribution in [0.25, 0.3) is 0 Å². The van der Waals surface area contributed by atoms with Crippen LogP contribution in [0.4, 0.5) is 17.6 Å². The van der Waals surface area contributed by atoms with Crippen LogP contribution in [0.15, 0.2) is 0 Å². The van der Waals surface area contributed by atoms with Gasteiger partial charge in [0.05, 0.1) is 13.2 Å². The summed E-state index contributed by atoms with van der Waals surface area (Å²) in [6.07, 6.45) is -5.46. The van der Waals surface area contributed by atoms with Crippen LogP contribution in [0.3, 0.4) is 0 Å². The number of halogens is 4. The highest BCUT2D eigenvalue weighted by Crippen LogP contribution is 2.26. The molecule has 0 radical (unpaired) electrons. The van der Waals surface area contributed by atoms with E-state index < -0.39 is 30.8 Å². The first kappa shape index (κ1) is 15.2. The molecule has 7 heteroatoms. The number of piperidine rings is 1. The fraction of sp³-hybridized carbons (Fsp3) is 0.909. The normalized spacial score (nSPS) is 20.7. The highest BCUT2D eigenvalue weighted by atomic mass is 19.4. The third kappa shape index (κ3) is 4.80. The third-order valence-electron chi connectivity index (χ3n) is 2.96. The summed E-state index contributed by atoms with van der Waals surface area (Å²) in [5.74, 6) is -1.44. The van der Waals surface area contributed by atoms with Crippen molar-refractivity contribution in [2.24, 2.45) is 5.92 Å². The number of carbonyl (C=O) groups is 1. The maximum atomic E-state index is 13.6. The van der Waals surface area contributed by atoms with E-state index in [1.54, 1.807) is 6.92 Å². The van der Waals surface area contributed by atoms with Gasteiger partial charge in [-0.25, -0.2) is 9.18 Å². The first-order chi connectivity index (χ1) is 8.33. The Bertz CT molecular complexity index is 275. The molecule has 0 saturated carbocycles. The molecular weight excluding hydrogens is 254 g/mol. The van der Waals surface area contributed by atoms with Gasteiger partial charge in [0.2, 0.25) is 0 Å². The number of carbonyl (C=O) groups excluding carboxylic acids is 1. The number of esters is 1. The van der Waals surface area contributed by atoms with Crippen molar-refractivity contribution in [3.05, 3.63) is 0 Å². The average molecular weight is 271 g/mol. The van der Waals surface area contributed by atoms with Gasteiger partial charge in [-0.2, -0.15) is 13.2 Å². The molecule has 0 bridgehead atoms. The molecule has 0 aromatic rings. The van der Waals surface area contributed by atoms with Crippen LogP contribution in [0.1, 0.15) is 19.8 Å². The molecule has 0 N–H and O–H groups in total. The zero-order valence-corrected chi connectivity index (χ0v) is 10.2. The Morgan fingerprint density at radius 1 is 1.39 bits per heavy atom. The van der Waals surface area contributed by atoms with Crippen molar-refractivity contribution in [2.45, 2.75) is 32.1 Å². The Labute approximate surface area is 103 Å². The van der Waals surface area contributed by atoms with Gasteiger partial charge in [-0.05, 0) is 32.9 Å². The van der Waals surface area contributed by atoms with Crippen molar-refractivity contribution < 1.29 is 27.1 Å². The fourth-order valence-electron chi connectivity index (χ4n) is 2.07. The largest absolute Gasteiger partial charge is 0.464 e.